The van der Waals surface area contributed by atoms with Crippen molar-refractivity contribution < 1.29 is 9.18 Å². The van der Waals surface area contributed by atoms with Gasteiger partial charge in [-0.15, -0.1) is 0 Å². The molecule has 5 heteroatoms. The number of hydrogen-bond acceptors (Lipinski definition) is 3. The Balaban J connectivity index is 1.45. The van der Waals surface area contributed by atoms with Gasteiger partial charge in [-0.1, -0.05) is 18.2 Å². The first kappa shape index (κ1) is 18.3. The van der Waals surface area contributed by atoms with E-state index in [1.807, 2.05) is 12.1 Å². The average Bonchev–Trinajstić information content (AvgIpc) is 2.59. The molecule has 0 radical (unpaired) electrons. The van der Waals surface area contributed by atoms with E-state index in [2.05, 4.69) is 22.2 Å². The zero-order chi connectivity index (χ0) is 17.6. The molecule has 25 heavy (non-hydrogen) atoms. The summed E-state index contributed by atoms with van der Waals surface area (Å²) >= 11 is 0. The molecule has 1 aromatic carbocycles. The van der Waals surface area contributed by atoms with Crippen molar-refractivity contribution in [2.45, 2.75) is 44.7 Å². The molecule has 0 aliphatic carbocycles. The van der Waals surface area contributed by atoms with Gasteiger partial charge in [0.05, 0.1) is 0 Å². The predicted molar refractivity (Wildman–Crippen MR) is 97.7 cm³/mol. The standard InChI is InChI=1S/C20H30FN3O/c1-23-11-8-16(9-12-23)13-20(25)22-18-6-4-10-24(15-18)14-17-5-2-3-7-19(17)21/h2-3,5,7,16,18H,4,6,8-15H2,1H3,(H,22,25)/t18-/m1/s1. The fraction of sp³-hybridized carbons (Fsp3) is 0.650. The Bertz CT molecular complexity index is 572. The molecule has 2 fully saturated rings. The molecule has 2 aliphatic heterocycles. The first-order chi connectivity index (χ1) is 12.1. The van der Waals surface area contributed by atoms with Gasteiger partial charge in [0.2, 0.25) is 5.91 Å². The molecule has 1 amide bonds. The Morgan fingerprint density at radius 3 is 2.72 bits per heavy atom. The summed E-state index contributed by atoms with van der Waals surface area (Å²) in [5.74, 6) is 0.567. The van der Waals surface area contributed by atoms with E-state index in [0.717, 1.165) is 57.4 Å². The smallest absolute Gasteiger partial charge is 0.220 e. The summed E-state index contributed by atoms with van der Waals surface area (Å²) in [6.45, 7) is 4.59. The summed E-state index contributed by atoms with van der Waals surface area (Å²) in [7, 11) is 2.14. The Kier molecular flexibility index (Phi) is 6.43. The zero-order valence-electron chi connectivity index (χ0n) is 15.2. The lowest BCUT2D eigenvalue weighted by Crippen LogP contribution is -2.48. The summed E-state index contributed by atoms with van der Waals surface area (Å²) in [6, 6.07) is 7.15. The summed E-state index contributed by atoms with van der Waals surface area (Å²) in [6.07, 6.45) is 4.96. The van der Waals surface area contributed by atoms with E-state index < -0.39 is 0 Å². The number of hydrogen-bond donors (Lipinski definition) is 1. The van der Waals surface area contributed by atoms with Crippen LogP contribution in [0.2, 0.25) is 0 Å². The van der Waals surface area contributed by atoms with Gasteiger partial charge in [0.25, 0.3) is 0 Å². The third-order valence-corrected chi connectivity index (χ3v) is 5.53. The van der Waals surface area contributed by atoms with Gasteiger partial charge < -0.3 is 10.2 Å². The fourth-order valence-corrected chi connectivity index (χ4v) is 4.00. The SMILES string of the molecule is CN1CCC(CC(=O)N[C@@H]2CCCN(Cc3ccccc3F)C2)CC1. The van der Waals surface area contributed by atoms with Crippen molar-refractivity contribution in [2.75, 3.05) is 33.2 Å². The minimum absolute atomic E-state index is 0.143. The summed E-state index contributed by atoms with van der Waals surface area (Å²) in [5.41, 5.74) is 0.737. The largest absolute Gasteiger partial charge is 0.352 e. The third-order valence-electron chi connectivity index (χ3n) is 5.53. The Hall–Kier alpha value is -1.46. The number of likely N-dealkylation sites (tertiary alicyclic amines) is 2. The van der Waals surface area contributed by atoms with Crippen LogP contribution in [0, 0.1) is 11.7 Å². The monoisotopic (exact) mass is 347 g/mol. The highest BCUT2D eigenvalue weighted by Crippen LogP contribution is 2.20. The van der Waals surface area contributed by atoms with Gasteiger partial charge in [-0.25, -0.2) is 4.39 Å². The van der Waals surface area contributed by atoms with E-state index in [-0.39, 0.29) is 17.8 Å². The minimum Gasteiger partial charge on any atom is -0.352 e. The third kappa shape index (κ3) is 5.51. The van der Waals surface area contributed by atoms with Crippen LogP contribution in [-0.4, -0.2) is 55.0 Å². The van der Waals surface area contributed by atoms with E-state index in [1.54, 1.807) is 6.07 Å². The molecule has 0 aromatic heterocycles. The molecule has 0 bridgehead atoms. The van der Waals surface area contributed by atoms with Gasteiger partial charge in [0.1, 0.15) is 5.82 Å². The lowest BCUT2D eigenvalue weighted by molar-refractivity contribution is -0.123. The molecule has 138 valence electrons. The van der Waals surface area contributed by atoms with Gasteiger partial charge in [-0.05, 0) is 64.3 Å². The molecule has 2 saturated heterocycles. The number of amides is 1. The van der Waals surface area contributed by atoms with Crippen molar-refractivity contribution in [1.29, 1.82) is 0 Å². The van der Waals surface area contributed by atoms with Crippen molar-refractivity contribution in [1.82, 2.24) is 15.1 Å². The minimum atomic E-state index is -0.143. The number of halogens is 1. The number of nitrogens with one attached hydrogen (secondary N) is 1. The number of piperidine rings is 2. The maximum Gasteiger partial charge on any atom is 0.220 e. The molecule has 1 aromatic rings. The normalized spacial score (nSPS) is 23.5. The molecule has 4 nitrogen and oxygen atoms in total. The first-order valence-corrected chi connectivity index (χ1v) is 9.54. The van der Waals surface area contributed by atoms with Gasteiger partial charge in [0, 0.05) is 31.1 Å². The number of carbonyl (C=O) groups is 1. The molecule has 0 unspecified atom stereocenters. The number of nitrogens with zero attached hydrogens (tertiary/aromatic N) is 2. The lowest BCUT2D eigenvalue weighted by atomic mass is 9.93. The highest BCUT2D eigenvalue weighted by Gasteiger charge is 2.24. The average molecular weight is 347 g/mol. The van der Waals surface area contributed by atoms with Gasteiger partial charge in [-0.3, -0.25) is 9.69 Å². The molecular formula is C20H30FN3O. The van der Waals surface area contributed by atoms with Crippen molar-refractivity contribution in [3.8, 4) is 0 Å². The van der Waals surface area contributed by atoms with Crippen molar-refractivity contribution >= 4 is 5.91 Å². The lowest BCUT2D eigenvalue weighted by Gasteiger charge is -2.34. The van der Waals surface area contributed by atoms with Crippen LogP contribution < -0.4 is 5.32 Å². The first-order valence-electron chi connectivity index (χ1n) is 9.54. The van der Waals surface area contributed by atoms with Crippen LogP contribution in [0.1, 0.15) is 37.7 Å². The number of carbonyl (C=O) groups excluding carboxylic acids is 1. The van der Waals surface area contributed by atoms with E-state index in [0.29, 0.717) is 18.9 Å². The maximum atomic E-state index is 13.8. The molecule has 3 rings (SSSR count). The molecule has 0 saturated carbocycles. The van der Waals surface area contributed by atoms with Crippen LogP contribution in [0.25, 0.3) is 0 Å². The molecule has 1 atom stereocenters. The van der Waals surface area contributed by atoms with Crippen LogP contribution in [0.3, 0.4) is 0 Å². The number of benzene rings is 1. The second-order valence-corrected chi connectivity index (χ2v) is 7.68. The van der Waals surface area contributed by atoms with Gasteiger partial charge in [-0.2, -0.15) is 0 Å². The quantitative estimate of drug-likeness (QED) is 0.889. The zero-order valence-corrected chi connectivity index (χ0v) is 15.2. The summed E-state index contributed by atoms with van der Waals surface area (Å²) in [4.78, 5) is 17.0. The van der Waals surface area contributed by atoms with E-state index >= 15 is 0 Å². The molecule has 2 aliphatic rings. The Morgan fingerprint density at radius 1 is 1.20 bits per heavy atom. The van der Waals surface area contributed by atoms with Crippen LogP contribution >= 0.6 is 0 Å². The second kappa shape index (κ2) is 8.77. The number of rotatable bonds is 5. The van der Waals surface area contributed by atoms with Crippen LogP contribution in [0.4, 0.5) is 4.39 Å². The van der Waals surface area contributed by atoms with Crippen molar-refractivity contribution in [2.24, 2.45) is 5.92 Å². The Labute approximate surface area is 150 Å². The highest BCUT2D eigenvalue weighted by molar-refractivity contribution is 5.76. The summed E-state index contributed by atoms with van der Waals surface area (Å²) in [5, 5.41) is 3.22. The fourth-order valence-electron chi connectivity index (χ4n) is 4.00. The Morgan fingerprint density at radius 2 is 1.96 bits per heavy atom. The van der Waals surface area contributed by atoms with E-state index in [4.69, 9.17) is 0 Å². The molecule has 0 spiro atoms. The second-order valence-electron chi connectivity index (χ2n) is 7.68. The van der Waals surface area contributed by atoms with E-state index in [1.165, 1.54) is 6.07 Å². The highest BCUT2D eigenvalue weighted by atomic mass is 19.1. The predicted octanol–water partition coefficient (Wildman–Crippen LogP) is 2.64. The van der Waals surface area contributed by atoms with Gasteiger partial charge in [0.15, 0.2) is 0 Å². The van der Waals surface area contributed by atoms with E-state index in [9.17, 15) is 9.18 Å². The topological polar surface area (TPSA) is 35.6 Å². The van der Waals surface area contributed by atoms with Crippen LogP contribution in [0.5, 0.6) is 0 Å². The van der Waals surface area contributed by atoms with Crippen molar-refractivity contribution in [3.63, 3.8) is 0 Å². The van der Waals surface area contributed by atoms with Crippen LogP contribution in [0.15, 0.2) is 24.3 Å². The summed E-state index contributed by atoms with van der Waals surface area (Å²) < 4.78 is 13.8. The maximum absolute atomic E-state index is 13.8. The van der Waals surface area contributed by atoms with Crippen LogP contribution in [-0.2, 0) is 11.3 Å². The molecule has 2 heterocycles. The van der Waals surface area contributed by atoms with Crippen molar-refractivity contribution in [3.05, 3.63) is 35.6 Å². The van der Waals surface area contributed by atoms with Gasteiger partial charge >= 0.3 is 0 Å². The molecule has 1 N–H and O–H groups in total. The molecular weight excluding hydrogens is 317 g/mol.